The van der Waals surface area contributed by atoms with Gasteiger partial charge in [0, 0.05) is 23.7 Å². The molecule has 2 aromatic heterocycles. The summed E-state index contributed by atoms with van der Waals surface area (Å²) in [5, 5.41) is 9.75. The molecule has 1 unspecified atom stereocenters. The molecule has 19 heavy (non-hydrogen) atoms. The molecule has 0 spiro atoms. The summed E-state index contributed by atoms with van der Waals surface area (Å²) in [7, 11) is 0. The standard InChI is InChI=1S/C13H19N3O2S/c1-11-13(19-10-14-11)4-7-18-9-12(17)8-15-16-5-2-3-6-16/h2-3,5-6,10,12,15,17H,4,7-9H2,1H3. The molecule has 0 aliphatic rings. The molecule has 2 N–H and O–H groups in total. The van der Waals surface area contributed by atoms with Crippen LogP contribution in [0.25, 0.3) is 0 Å². The molecule has 0 fully saturated rings. The van der Waals surface area contributed by atoms with Crippen LogP contribution in [-0.2, 0) is 11.2 Å². The molecule has 0 saturated heterocycles. The van der Waals surface area contributed by atoms with E-state index in [0.717, 1.165) is 12.1 Å². The lowest BCUT2D eigenvalue weighted by Crippen LogP contribution is -2.29. The quantitative estimate of drug-likeness (QED) is 0.718. The molecule has 5 nitrogen and oxygen atoms in total. The van der Waals surface area contributed by atoms with E-state index in [1.54, 1.807) is 11.3 Å². The normalized spacial score (nSPS) is 12.5. The van der Waals surface area contributed by atoms with Gasteiger partial charge >= 0.3 is 0 Å². The summed E-state index contributed by atoms with van der Waals surface area (Å²) >= 11 is 1.65. The average Bonchev–Trinajstić information content (AvgIpc) is 3.04. The van der Waals surface area contributed by atoms with Crippen molar-refractivity contribution in [1.82, 2.24) is 9.66 Å². The van der Waals surface area contributed by atoms with Crippen molar-refractivity contribution in [2.45, 2.75) is 19.4 Å². The van der Waals surface area contributed by atoms with Crippen LogP contribution >= 0.6 is 11.3 Å². The van der Waals surface area contributed by atoms with E-state index in [4.69, 9.17) is 4.74 Å². The summed E-state index contributed by atoms with van der Waals surface area (Å²) in [6.45, 7) is 3.42. The smallest absolute Gasteiger partial charge is 0.0961 e. The lowest BCUT2D eigenvalue weighted by molar-refractivity contribution is 0.0437. The minimum Gasteiger partial charge on any atom is -0.389 e. The Balaban J connectivity index is 1.56. The van der Waals surface area contributed by atoms with Gasteiger partial charge in [-0.05, 0) is 19.1 Å². The van der Waals surface area contributed by atoms with E-state index in [1.165, 1.54) is 4.88 Å². The number of aliphatic hydroxyl groups is 1. The van der Waals surface area contributed by atoms with E-state index in [0.29, 0.717) is 19.8 Å². The number of hydrogen-bond donors (Lipinski definition) is 2. The molecule has 0 saturated carbocycles. The number of aromatic nitrogens is 2. The highest BCUT2D eigenvalue weighted by atomic mass is 32.1. The van der Waals surface area contributed by atoms with Crippen LogP contribution in [0.3, 0.4) is 0 Å². The second-order valence-electron chi connectivity index (χ2n) is 4.29. The minimum atomic E-state index is -0.509. The van der Waals surface area contributed by atoms with Crippen LogP contribution in [0.15, 0.2) is 30.0 Å². The molecule has 0 aliphatic heterocycles. The molecule has 0 aliphatic carbocycles. The molecule has 1 atom stereocenters. The summed E-state index contributed by atoms with van der Waals surface area (Å²) in [6, 6.07) is 3.85. The predicted molar refractivity (Wildman–Crippen MR) is 76.0 cm³/mol. The molecule has 0 bridgehead atoms. The second kappa shape index (κ2) is 7.28. The molecule has 104 valence electrons. The monoisotopic (exact) mass is 281 g/mol. The molecular formula is C13H19N3O2S. The summed E-state index contributed by atoms with van der Waals surface area (Å²) in [5.74, 6) is 0. The fourth-order valence-corrected chi connectivity index (χ4v) is 2.42. The van der Waals surface area contributed by atoms with Gasteiger partial charge < -0.3 is 15.3 Å². The lowest BCUT2D eigenvalue weighted by atomic mass is 10.3. The number of rotatable bonds is 8. The Bertz CT molecular complexity index is 470. The first-order valence-corrected chi connectivity index (χ1v) is 7.15. The summed E-state index contributed by atoms with van der Waals surface area (Å²) in [5.41, 5.74) is 5.99. The summed E-state index contributed by atoms with van der Waals surface area (Å²) in [4.78, 5) is 5.44. The lowest BCUT2D eigenvalue weighted by Gasteiger charge is -2.13. The first kappa shape index (κ1) is 14.0. The number of thiazole rings is 1. The largest absolute Gasteiger partial charge is 0.389 e. The van der Waals surface area contributed by atoms with Gasteiger partial charge in [0.25, 0.3) is 0 Å². The van der Waals surface area contributed by atoms with Crippen LogP contribution in [0, 0.1) is 6.92 Å². The van der Waals surface area contributed by atoms with Gasteiger partial charge in [0.2, 0.25) is 0 Å². The Kier molecular flexibility index (Phi) is 5.38. The number of ether oxygens (including phenoxy) is 1. The van der Waals surface area contributed by atoms with Gasteiger partial charge in [-0.25, -0.2) is 4.98 Å². The van der Waals surface area contributed by atoms with Crippen molar-refractivity contribution in [1.29, 1.82) is 0 Å². The van der Waals surface area contributed by atoms with Crippen LogP contribution in [-0.4, -0.2) is 40.6 Å². The average molecular weight is 281 g/mol. The Morgan fingerprint density at radius 1 is 1.47 bits per heavy atom. The number of hydrogen-bond acceptors (Lipinski definition) is 5. The van der Waals surface area contributed by atoms with Crippen LogP contribution < -0.4 is 5.43 Å². The van der Waals surface area contributed by atoms with Crippen molar-refractivity contribution in [3.8, 4) is 0 Å². The number of nitrogens with zero attached hydrogens (tertiary/aromatic N) is 2. The summed E-state index contributed by atoms with van der Waals surface area (Å²) < 4.78 is 7.28. The van der Waals surface area contributed by atoms with E-state index in [2.05, 4.69) is 10.4 Å². The first-order valence-electron chi connectivity index (χ1n) is 6.27. The second-order valence-corrected chi connectivity index (χ2v) is 5.23. The number of aryl methyl sites for hydroxylation is 1. The van der Waals surface area contributed by atoms with Crippen LogP contribution in [0.1, 0.15) is 10.6 Å². The first-order chi connectivity index (χ1) is 9.25. The van der Waals surface area contributed by atoms with Crippen molar-refractivity contribution in [2.24, 2.45) is 0 Å². The van der Waals surface area contributed by atoms with E-state index in [-0.39, 0.29) is 0 Å². The van der Waals surface area contributed by atoms with E-state index >= 15 is 0 Å². The molecule has 2 heterocycles. The zero-order valence-electron chi connectivity index (χ0n) is 11.0. The Labute approximate surface area is 116 Å². The third-order valence-corrected chi connectivity index (χ3v) is 3.74. The Hall–Kier alpha value is -1.37. The Morgan fingerprint density at radius 2 is 2.26 bits per heavy atom. The third kappa shape index (κ3) is 4.66. The van der Waals surface area contributed by atoms with Crippen molar-refractivity contribution in [2.75, 3.05) is 25.2 Å². The van der Waals surface area contributed by atoms with Crippen LogP contribution in [0.4, 0.5) is 0 Å². The fourth-order valence-electron chi connectivity index (χ4n) is 1.66. The molecule has 2 aromatic rings. The molecule has 0 aromatic carbocycles. The van der Waals surface area contributed by atoms with Gasteiger partial charge in [0.05, 0.1) is 37.1 Å². The van der Waals surface area contributed by atoms with Gasteiger partial charge in [-0.15, -0.1) is 11.3 Å². The van der Waals surface area contributed by atoms with Gasteiger partial charge in [-0.3, -0.25) is 4.68 Å². The van der Waals surface area contributed by atoms with Gasteiger partial charge in [-0.1, -0.05) is 0 Å². The highest BCUT2D eigenvalue weighted by molar-refractivity contribution is 7.09. The van der Waals surface area contributed by atoms with Crippen molar-refractivity contribution in [3.05, 3.63) is 40.6 Å². The molecule has 2 rings (SSSR count). The highest BCUT2D eigenvalue weighted by Gasteiger charge is 2.05. The maximum atomic E-state index is 9.75. The zero-order chi connectivity index (χ0) is 13.5. The van der Waals surface area contributed by atoms with Crippen molar-refractivity contribution >= 4 is 11.3 Å². The SMILES string of the molecule is Cc1ncsc1CCOCC(O)CNn1cccc1. The molecule has 0 radical (unpaired) electrons. The predicted octanol–water partition coefficient (Wildman–Crippen LogP) is 1.42. The summed E-state index contributed by atoms with van der Waals surface area (Å²) in [6.07, 6.45) is 4.12. The number of nitrogens with one attached hydrogen (secondary N) is 1. The van der Waals surface area contributed by atoms with Crippen molar-refractivity contribution < 1.29 is 9.84 Å². The van der Waals surface area contributed by atoms with E-state index < -0.39 is 6.10 Å². The molecule has 6 heteroatoms. The fraction of sp³-hybridized carbons (Fsp3) is 0.462. The molecule has 0 amide bonds. The van der Waals surface area contributed by atoms with Crippen LogP contribution in [0.5, 0.6) is 0 Å². The van der Waals surface area contributed by atoms with Crippen LogP contribution in [0.2, 0.25) is 0 Å². The maximum absolute atomic E-state index is 9.75. The third-order valence-electron chi connectivity index (χ3n) is 2.74. The maximum Gasteiger partial charge on any atom is 0.0961 e. The van der Waals surface area contributed by atoms with E-state index in [9.17, 15) is 5.11 Å². The zero-order valence-corrected chi connectivity index (χ0v) is 11.8. The van der Waals surface area contributed by atoms with Crippen molar-refractivity contribution in [3.63, 3.8) is 0 Å². The van der Waals surface area contributed by atoms with Gasteiger partial charge in [0.1, 0.15) is 0 Å². The Morgan fingerprint density at radius 3 is 2.95 bits per heavy atom. The van der Waals surface area contributed by atoms with Gasteiger partial charge in [-0.2, -0.15) is 0 Å². The minimum absolute atomic E-state index is 0.339. The number of aliphatic hydroxyl groups excluding tert-OH is 1. The highest BCUT2D eigenvalue weighted by Crippen LogP contribution is 2.12. The van der Waals surface area contributed by atoms with E-state index in [1.807, 2.05) is 41.6 Å². The van der Waals surface area contributed by atoms with Gasteiger partial charge in [0.15, 0.2) is 0 Å². The topological polar surface area (TPSA) is 59.3 Å². The molecular weight excluding hydrogens is 262 g/mol.